The van der Waals surface area contributed by atoms with Crippen LogP contribution in [-0.2, 0) is 6.54 Å². The Morgan fingerprint density at radius 1 is 1.33 bits per heavy atom. The number of benzene rings is 1. The van der Waals surface area contributed by atoms with E-state index in [1.165, 1.54) is 42.5 Å². The largest absolute Gasteiger partial charge is 0.306 e. The van der Waals surface area contributed by atoms with E-state index >= 15 is 0 Å². The third-order valence-electron chi connectivity index (χ3n) is 3.75. The van der Waals surface area contributed by atoms with E-state index < -0.39 is 0 Å². The van der Waals surface area contributed by atoms with Crippen molar-refractivity contribution in [1.82, 2.24) is 9.80 Å². The second-order valence-corrected chi connectivity index (χ2v) is 6.49. The summed E-state index contributed by atoms with van der Waals surface area (Å²) >= 11 is 3.53. The number of nitrogens with zero attached hydrogens (tertiary/aromatic N) is 2. The molecule has 1 saturated heterocycles. The zero-order chi connectivity index (χ0) is 13.0. The van der Waals surface area contributed by atoms with Gasteiger partial charge in [0, 0.05) is 17.6 Å². The molecule has 1 aliphatic heterocycles. The molecular formula is C15H23BrN2. The zero-order valence-electron chi connectivity index (χ0n) is 11.4. The zero-order valence-corrected chi connectivity index (χ0v) is 13.0. The van der Waals surface area contributed by atoms with Crippen LogP contribution in [0.25, 0.3) is 0 Å². The van der Waals surface area contributed by atoms with Gasteiger partial charge in [0.05, 0.1) is 0 Å². The average molecular weight is 311 g/mol. The highest BCUT2D eigenvalue weighted by atomic mass is 79.9. The molecule has 18 heavy (non-hydrogen) atoms. The predicted octanol–water partition coefficient (Wildman–Crippen LogP) is 3.22. The Morgan fingerprint density at radius 2 is 2.06 bits per heavy atom. The molecule has 1 aromatic rings. The molecule has 0 spiro atoms. The first kappa shape index (κ1) is 14.0. The van der Waals surface area contributed by atoms with Crippen molar-refractivity contribution in [1.29, 1.82) is 0 Å². The van der Waals surface area contributed by atoms with E-state index in [1.54, 1.807) is 0 Å². The summed E-state index contributed by atoms with van der Waals surface area (Å²) in [6.07, 6.45) is 2.69. The molecule has 0 saturated carbocycles. The summed E-state index contributed by atoms with van der Waals surface area (Å²) in [5, 5.41) is 0. The van der Waals surface area contributed by atoms with Gasteiger partial charge in [0.15, 0.2) is 0 Å². The Morgan fingerprint density at radius 3 is 2.72 bits per heavy atom. The van der Waals surface area contributed by atoms with Crippen molar-refractivity contribution in [2.45, 2.75) is 19.4 Å². The fourth-order valence-corrected chi connectivity index (χ4v) is 3.14. The average Bonchev–Trinajstić information content (AvgIpc) is 2.32. The van der Waals surface area contributed by atoms with Crippen LogP contribution >= 0.6 is 15.9 Å². The molecule has 1 heterocycles. The van der Waals surface area contributed by atoms with Crippen molar-refractivity contribution in [3.63, 3.8) is 0 Å². The van der Waals surface area contributed by atoms with E-state index in [9.17, 15) is 0 Å². The summed E-state index contributed by atoms with van der Waals surface area (Å²) < 4.78 is 1.17. The summed E-state index contributed by atoms with van der Waals surface area (Å²) in [5.74, 6) is 0.873. The third kappa shape index (κ3) is 4.38. The maximum Gasteiger partial charge on any atom is 0.0231 e. The van der Waals surface area contributed by atoms with Gasteiger partial charge in [0.2, 0.25) is 0 Å². The van der Waals surface area contributed by atoms with Crippen LogP contribution in [0.3, 0.4) is 0 Å². The molecule has 0 radical (unpaired) electrons. The van der Waals surface area contributed by atoms with Gasteiger partial charge >= 0.3 is 0 Å². The maximum atomic E-state index is 3.53. The van der Waals surface area contributed by atoms with Gasteiger partial charge in [0.25, 0.3) is 0 Å². The summed E-state index contributed by atoms with van der Waals surface area (Å²) in [5.41, 5.74) is 1.39. The van der Waals surface area contributed by atoms with Gasteiger partial charge in [0.1, 0.15) is 0 Å². The number of likely N-dealkylation sites (tertiary alicyclic amines) is 1. The number of rotatable bonds is 4. The first-order valence-electron chi connectivity index (χ1n) is 6.75. The number of hydrogen-bond donors (Lipinski definition) is 0. The van der Waals surface area contributed by atoms with Crippen LogP contribution in [0.4, 0.5) is 0 Å². The van der Waals surface area contributed by atoms with Crippen molar-refractivity contribution in [3.05, 3.63) is 34.3 Å². The fraction of sp³-hybridized carbons (Fsp3) is 0.600. The Bertz CT molecular complexity index is 373. The quantitative estimate of drug-likeness (QED) is 0.842. The molecule has 100 valence electrons. The van der Waals surface area contributed by atoms with E-state index in [0.717, 1.165) is 12.5 Å². The molecule has 0 bridgehead atoms. The lowest BCUT2D eigenvalue weighted by Crippen LogP contribution is -2.35. The summed E-state index contributed by atoms with van der Waals surface area (Å²) in [4.78, 5) is 4.89. The highest BCUT2D eigenvalue weighted by Gasteiger charge is 2.18. The van der Waals surface area contributed by atoms with Crippen molar-refractivity contribution < 1.29 is 0 Å². The molecule has 0 amide bonds. The number of piperidine rings is 1. The van der Waals surface area contributed by atoms with Crippen LogP contribution in [0.5, 0.6) is 0 Å². The lowest BCUT2D eigenvalue weighted by molar-refractivity contribution is 0.173. The lowest BCUT2D eigenvalue weighted by atomic mass is 9.96. The van der Waals surface area contributed by atoms with E-state index in [4.69, 9.17) is 0 Å². The second kappa shape index (κ2) is 6.69. The van der Waals surface area contributed by atoms with Crippen molar-refractivity contribution in [2.75, 3.05) is 33.7 Å². The van der Waals surface area contributed by atoms with E-state index in [-0.39, 0.29) is 0 Å². The summed E-state index contributed by atoms with van der Waals surface area (Å²) in [6, 6.07) is 8.62. The van der Waals surface area contributed by atoms with Gasteiger partial charge in [-0.25, -0.2) is 0 Å². The molecular weight excluding hydrogens is 288 g/mol. The maximum absolute atomic E-state index is 3.53. The summed E-state index contributed by atoms with van der Waals surface area (Å²) in [6.45, 7) is 4.79. The second-order valence-electron chi connectivity index (χ2n) is 5.57. The van der Waals surface area contributed by atoms with Gasteiger partial charge in [-0.05, 0) is 63.6 Å². The van der Waals surface area contributed by atoms with E-state index in [0.29, 0.717) is 0 Å². The van der Waals surface area contributed by atoms with Crippen LogP contribution in [-0.4, -0.2) is 43.5 Å². The number of hydrogen-bond acceptors (Lipinski definition) is 2. The van der Waals surface area contributed by atoms with Crippen LogP contribution < -0.4 is 0 Å². The van der Waals surface area contributed by atoms with E-state index in [1.807, 2.05) is 0 Å². The molecule has 0 unspecified atom stereocenters. The Kier molecular flexibility index (Phi) is 5.22. The molecule has 0 aliphatic carbocycles. The molecule has 0 N–H and O–H groups in total. The lowest BCUT2D eigenvalue weighted by Gasteiger charge is -2.31. The van der Waals surface area contributed by atoms with Crippen LogP contribution in [0.2, 0.25) is 0 Å². The highest BCUT2D eigenvalue weighted by Crippen LogP contribution is 2.18. The molecule has 1 aliphatic rings. The topological polar surface area (TPSA) is 6.48 Å². The SMILES string of the molecule is CN1CCC(CN(C)Cc2cccc(Br)c2)CC1. The monoisotopic (exact) mass is 310 g/mol. The van der Waals surface area contributed by atoms with Crippen LogP contribution in [0, 0.1) is 5.92 Å². The Labute approximate surface area is 119 Å². The van der Waals surface area contributed by atoms with Crippen LogP contribution in [0.15, 0.2) is 28.7 Å². The van der Waals surface area contributed by atoms with Gasteiger partial charge < -0.3 is 9.80 Å². The first-order chi connectivity index (χ1) is 8.63. The Hall–Kier alpha value is -0.380. The minimum Gasteiger partial charge on any atom is -0.306 e. The molecule has 2 rings (SSSR count). The van der Waals surface area contributed by atoms with Gasteiger partial charge in [-0.1, -0.05) is 28.1 Å². The molecule has 2 nitrogen and oxygen atoms in total. The normalized spacial score (nSPS) is 18.4. The smallest absolute Gasteiger partial charge is 0.0231 e. The standard InChI is InChI=1S/C15H23BrN2/c1-17-8-6-13(7-9-17)11-18(2)12-14-4-3-5-15(16)10-14/h3-5,10,13H,6-9,11-12H2,1-2H3. The molecule has 3 heteroatoms. The fourth-order valence-electron chi connectivity index (χ4n) is 2.70. The highest BCUT2D eigenvalue weighted by molar-refractivity contribution is 9.10. The first-order valence-corrected chi connectivity index (χ1v) is 7.54. The van der Waals surface area contributed by atoms with Gasteiger partial charge in [-0.3, -0.25) is 0 Å². The Balaban J connectivity index is 1.80. The van der Waals surface area contributed by atoms with Crippen LogP contribution in [0.1, 0.15) is 18.4 Å². The van der Waals surface area contributed by atoms with Crippen molar-refractivity contribution in [2.24, 2.45) is 5.92 Å². The summed E-state index contributed by atoms with van der Waals surface area (Å²) in [7, 11) is 4.46. The van der Waals surface area contributed by atoms with Crippen molar-refractivity contribution in [3.8, 4) is 0 Å². The van der Waals surface area contributed by atoms with Gasteiger partial charge in [-0.15, -0.1) is 0 Å². The van der Waals surface area contributed by atoms with Gasteiger partial charge in [-0.2, -0.15) is 0 Å². The molecule has 1 aromatic carbocycles. The molecule has 1 fully saturated rings. The van der Waals surface area contributed by atoms with Crippen molar-refractivity contribution >= 4 is 15.9 Å². The molecule has 0 aromatic heterocycles. The van der Waals surface area contributed by atoms with E-state index in [2.05, 4.69) is 64.1 Å². The predicted molar refractivity (Wildman–Crippen MR) is 80.7 cm³/mol. The minimum atomic E-state index is 0.873. The third-order valence-corrected chi connectivity index (χ3v) is 4.24. The number of halogens is 1. The minimum absolute atomic E-state index is 0.873. The molecule has 0 atom stereocenters.